The predicted octanol–water partition coefficient (Wildman–Crippen LogP) is 3.15. The molecule has 0 radical (unpaired) electrons. The standard InChI is InChI=1S/C18H29N3OS/c1-15(23-17-7-5-4-6-8-17)13-19-18(22)21(3)14-16-9-11-20(2)12-10-16/h4-8,15-16H,9-14H2,1-3H3,(H,19,22). The van der Waals surface area contributed by atoms with Gasteiger partial charge in [0.15, 0.2) is 0 Å². The molecule has 1 unspecified atom stereocenters. The van der Waals surface area contributed by atoms with Gasteiger partial charge in [0.05, 0.1) is 0 Å². The molecule has 0 saturated carbocycles. The van der Waals surface area contributed by atoms with Crippen molar-refractivity contribution in [1.29, 1.82) is 0 Å². The summed E-state index contributed by atoms with van der Waals surface area (Å²) in [6.07, 6.45) is 2.38. The minimum atomic E-state index is 0.0458. The Balaban J connectivity index is 1.67. The zero-order valence-corrected chi connectivity index (χ0v) is 15.3. The number of hydrogen-bond acceptors (Lipinski definition) is 3. The van der Waals surface area contributed by atoms with Crippen LogP contribution in [0, 0.1) is 5.92 Å². The average molecular weight is 336 g/mol. The number of thioether (sulfide) groups is 1. The van der Waals surface area contributed by atoms with Gasteiger partial charge in [-0.2, -0.15) is 0 Å². The van der Waals surface area contributed by atoms with Crippen LogP contribution in [0.4, 0.5) is 4.79 Å². The van der Waals surface area contributed by atoms with Crippen molar-refractivity contribution >= 4 is 17.8 Å². The van der Waals surface area contributed by atoms with Crippen LogP contribution in [0.3, 0.4) is 0 Å². The summed E-state index contributed by atoms with van der Waals surface area (Å²) in [6.45, 7) is 5.99. The van der Waals surface area contributed by atoms with Crippen molar-refractivity contribution in [3.63, 3.8) is 0 Å². The number of urea groups is 1. The lowest BCUT2D eigenvalue weighted by atomic mass is 9.97. The summed E-state index contributed by atoms with van der Waals surface area (Å²) in [5, 5.41) is 3.42. The van der Waals surface area contributed by atoms with Gasteiger partial charge in [0, 0.05) is 30.3 Å². The van der Waals surface area contributed by atoms with E-state index in [0.717, 1.165) is 19.6 Å². The van der Waals surface area contributed by atoms with Crippen molar-refractivity contribution in [2.24, 2.45) is 5.92 Å². The quantitative estimate of drug-likeness (QED) is 0.811. The maximum absolute atomic E-state index is 12.2. The van der Waals surface area contributed by atoms with Gasteiger partial charge in [0.1, 0.15) is 0 Å². The van der Waals surface area contributed by atoms with Gasteiger partial charge >= 0.3 is 6.03 Å². The molecule has 1 fully saturated rings. The molecule has 23 heavy (non-hydrogen) atoms. The van der Waals surface area contributed by atoms with Crippen molar-refractivity contribution in [2.75, 3.05) is 40.3 Å². The number of carbonyl (C=O) groups excluding carboxylic acids is 1. The second-order valence-corrected chi connectivity index (χ2v) is 8.07. The highest BCUT2D eigenvalue weighted by Crippen LogP contribution is 2.22. The number of amides is 2. The molecular formula is C18H29N3OS. The van der Waals surface area contributed by atoms with Crippen LogP contribution < -0.4 is 5.32 Å². The largest absolute Gasteiger partial charge is 0.337 e. The third kappa shape index (κ3) is 6.43. The Morgan fingerprint density at radius 1 is 1.35 bits per heavy atom. The molecule has 1 aromatic rings. The highest BCUT2D eigenvalue weighted by Gasteiger charge is 2.20. The smallest absolute Gasteiger partial charge is 0.317 e. The summed E-state index contributed by atoms with van der Waals surface area (Å²) in [7, 11) is 4.07. The summed E-state index contributed by atoms with van der Waals surface area (Å²) in [5.41, 5.74) is 0. The van der Waals surface area contributed by atoms with Crippen molar-refractivity contribution in [3.8, 4) is 0 Å². The van der Waals surface area contributed by atoms with Gasteiger partial charge in [-0.15, -0.1) is 11.8 Å². The molecule has 1 heterocycles. The molecule has 0 spiro atoms. The first-order valence-corrected chi connectivity index (χ1v) is 9.31. The Kier molecular flexibility index (Phi) is 7.24. The summed E-state index contributed by atoms with van der Waals surface area (Å²) in [4.78, 5) is 17.7. The van der Waals surface area contributed by atoms with Gasteiger partial charge in [-0.25, -0.2) is 4.79 Å². The molecule has 2 rings (SSSR count). The number of likely N-dealkylation sites (tertiary alicyclic amines) is 1. The van der Waals surface area contributed by atoms with E-state index in [2.05, 4.69) is 36.3 Å². The molecule has 1 aliphatic rings. The van der Waals surface area contributed by atoms with E-state index in [1.165, 1.54) is 17.7 Å². The van der Waals surface area contributed by atoms with E-state index in [-0.39, 0.29) is 6.03 Å². The number of piperidine rings is 1. The fourth-order valence-electron chi connectivity index (χ4n) is 2.85. The SMILES string of the molecule is CC(CNC(=O)N(C)CC1CCN(C)CC1)Sc1ccccc1. The molecule has 0 aromatic heterocycles. The van der Waals surface area contributed by atoms with E-state index >= 15 is 0 Å². The lowest BCUT2D eigenvalue weighted by Gasteiger charge is -2.31. The molecule has 1 aliphatic heterocycles. The van der Waals surface area contributed by atoms with Crippen molar-refractivity contribution in [1.82, 2.24) is 15.1 Å². The Morgan fingerprint density at radius 2 is 2.00 bits per heavy atom. The van der Waals surface area contributed by atoms with Crippen LogP contribution in [0.2, 0.25) is 0 Å². The van der Waals surface area contributed by atoms with Gasteiger partial charge in [-0.05, 0) is 51.0 Å². The van der Waals surface area contributed by atoms with E-state index in [4.69, 9.17) is 0 Å². The van der Waals surface area contributed by atoms with Crippen LogP contribution in [0.1, 0.15) is 19.8 Å². The van der Waals surface area contributed by atoms with Gasteiger partial charge in [0.25, 0.3) is 0 Å². The van der Waals surface area contributed by atoms with Gasteiger partial charge < -0.3 is 15.1 Å². The molecule has 5 heteroatoms. The van der Waals surface area contributed by atoms with E-state index in [0.29, 0.717) is 17.7 Å². The number of rotatable bonds is 6. The minimum Gasteiger partial charge on any atom is -0.337 e. The maximum atomic E-state index is 12.2. The van der Waals surface area contributed by atoms with Gasteiger partial charge in [-0.1, -0.05) is 25.1 Å². The number of carbonyl (C=O) groups is 1. The Hall–Kier alpha value is -1.20. The Bertz CT molecular complexity index is 474. The fraction of sp³-hybridized carbons (Fsp3) is 0.611. The molecule has 128 valence electrons. The highest BCUT2D eigenvalue weighted by molar-refractivity contribution is 8.00. The summed E-state index contributed by atoms with van der Waals surface area (Å²) >= 11 is 1.79. The normalized spacial score (nSPS) is 17.7. The summed E-state index contributed by atoms with van der Waals surface area (Å²) in [6, 6.07) is 10.4. The molecule has 1 N–H and O–H groups in total. The maximum Gasteiger partial charge on any atom is 0.317 e. The number of benzene rings is 1. The van der Waals surface area contributed by atoms with Crippen LogP contribution >= 0.6 is 11.8 Å². The molecular weight excluding hydrogens is 306 g/mol. The molecule has 4 nitrogen and oxygen atoms in total. The zero-order chi connectivity index (χ0) is 16.7. The molecule has 1 atom stereocenters. The Labute approximate surface area is 144 Å². The van der Waals surface area contributed by atoms with Gasteiger partial charge in [-0.3, -0.25) is 0 Å². The van der Waals surface area contributed by atoms with Crippen LogP contribution in [0.5, 0.6) is 0 Å². The summed E-state index contributed by atoms with van der Waals surface area (Å²) < 4.78 is 0. The molecule has 1 saturated heterocycles. The summed E-state index contributed by atoms with van der Waals surface area (Å²) in [5.74, 6) is 0.637. The number of nitrogens with zero attached hydrogens (tertiary/aromatic N) is 2. The second kappa shape index (κ2) is 9.18. The van der Waals surface area contributed by atoms with Crippen LogP contribution in [0.25, 0.3) is 0 Å². The first-order valence-electron chi connectivity index (χ1n) is 8.44. The lowest BCUT2D eigenvalue weighted by Crippen LogP contribution is -2.43. The molecule has 0 bridgehead atoms. The van der Waals surface area contributed by atoms with Crippen LogP contribution in [-0.2, 0) is 0 Å². The van der Waals surface area contributed by atoms with E-state index in [1.54, 1.807) is 11.8 Å². The molecule has 0 aliphatic carbocycles. The van der Waals surface area contributed by atoms with Crippen molar-refractivity contribution in [2.45, 2.75) is 29.9 Å². The van der Waals surface area contributed by atoms with Gasteiger partial charge in [0.2, 0.25) is 0 Å². The third-order valence-corrected chi connectivity index (χ3v) is 5.45. The molecule has 1 aromatic carbocycles. The van der Waals surface area contributed by atoms with Crippen molar-refractivity contribution in [3.05, 3.63) is 30.3 Å². The minimum absolute atomic E-state index is 0.0458. The lowest BCUT2D eigenvalue weighted by molar-refractivity contribution is 0.170. The zero-order valence-electron chi connectivity index (χ0n) is 14.5. The Morgan fingerprint density at radius 3 is 2.65 bits per heavy atom. The van der Waals surface area contributed by atoms with Crippen molar-refractivity contribution < 1.29 is 4.79 Å². The molecule has 2 amide bonds. The first-order chi connectivity index (χ1) is 11.0. The predicted molar refractivity (Wildman–Crippen MR) is 98.0 cm³/mol. The second-order valence-electron chi connectivity index (χ2n) is 6.55. The van der Waals surface area contributed by atoms with E-state index in [9.17, 15) is 4.79 Å². The van der Waals surface area contributed by atoms with Crippen LogP contribution in [0.15, 0.2) is 35.2 Å². The van der Waals surface area contributed by atoms with Crippen LogP contribution in [-0.4, -0.2) is 61.4 Å². The highest BCUT2D eigenvalue weighted by atomic mass is 32.2. The third-order valence-electron chi connectivity index (χ3n) is 4.34. The first kappa shape index (κ1) is 18.1. The monoisotopic (exact) mass is 335 g/mol. The number of nitrogens with one attached hydrogen (secondary N) is 1. The van der Waals surface area contributed by atoms with E-state index < -0.39 is 0 Å². The van der Waals surface area contributed by atoms with E-state index in [1.807, 2.05) is 30.1 Å². The fourth-order valence-corrected chi connectivity index (χ4v) is 3.80. The topological polar surface area (TPSA) is 35.6 Å². The average Bonchev–Trinajstić information content (AvgIpc) is 2.55. The number of hydrogen-bond donors (Lipinski definition) is 1.